The number of allylic oxidation sites excluding steroid dienone is 1. The minimum atomic E-state index is -0.851. The van der Waals surface area contributed by atoms with Crippen LogP contribution >= 0.6 is 0 Å². The van der Waals surface area contributed by atoms with Gasteiger partial charge in [0.05, 0.1) is 6.04 Å². The normalized spacial score (nSPS) is 18.9. The van der Waals surface area contributed by atoms with Crippen molar-refractivity contribution >= 4 is 30.2 Å². The highest BCUT2D eigenvalue weighted by Gasteiger charge is 2.27. The van der Waals surface area contributed by atoms with Crippen molar-refractivity contribution in [2.75, 3.05) is 0 Å². The van der Waals surface area contributed by atoms with E-state index in [1.54, 1.807) is 0 Å². The zero-order valence-corrected chi connectivity index (χ0v) is 25.0. The van der Waals surface area contributed by atoms with Crippen LogP contribution in [0.15, 0.2) is 29.5 Å². The maximum absolute atomic E-state index is 11.6. The van der Waals surface area contributed by atoms with E-state index in [4.69, 9.17) is 0 Å². The fourth-order valence-corrected chi connectivity index (χ4v) is 6.53. The largest absolute Gasteiger partial charge is 0.481 e. The van der Waals surface area contributed by atoms with Gasteiger partial charge in [0, 0.05) is 58.4 Å². The van der Waals surface area contributed by atoms with E-state index in [1.165, 1.54) is 16.8 Å². The van der Waals surface area contributed by atoms with Crippen molar-refractivity contribution in [1.82, 2.24) is 20.3 Å². The molecule has 0 saturated heterocycles. The van der Waals surface area contributed by atoms with Crippen LogP contribution in [0.2, 0.25) is 0 Å². The minimum absolute atomic E-state index is 0.0120. The first-order valence-corrected chi connectivity index (χ1v) is 14.6. The van der Waals surface area contributed by atoms with Gasteiger partial charge in [-0.2, -0.15) is 0 Å². The highest BCUT2D eigenvalue weighted by molar-refractivity contribution is 5.71. The highest BCUT2D eigenvalue weighted by Crippen LogP contribution is 2.32. The number of carboxylic acids is 2. The van der Waals surface area contributed by atoms with E-state index in [9.17, 15) is 19.8 Å². The molecule has 5 rings (SSSR count). The fourth-order valence-electron chi connectivity index (χ4n) is 6.53. The Bertz CT molecular complexity index is 1790. The van der Waals surface area contributed by atoms with Gasteiger partial charge in [-0.25, -0.2) is 0 Å². The molecule has 0 saturated carbocycles. The lowest BCUT2D eigenvalue weighted by atomic mass is 9.98. The van der Waals surface area contributed by atoms with Crippen LogP contribution in [0.5, 0.6) is 0 Å². The van der Waals surface area contributed by atoms with Crippen LogP contribution in [-0.2, 0) is 35.3 Å². The summed E-state index contributed by atoms with van der Waals surface area (Å²) in [7, 11) is 0. The minimum Gasteiger partial charge on any atom is -0.481 e. The molecule has 3 aromatic rings. The van der Waals surface area contributed by atoms with Crippen LogP contribution in [0.3, 0.4) is 0 Å². The molecule has 0 fully saturated rings. The van der Waals surface area contributed by atoms with Crippen LogP contribution in [0, 0.1) is 20.8 Å². The first kappa shape index (κ1) is 29.0. The molecule has 0 aliphatic carbocycles. The topological polar surface area (TPSA) is 134 Å². The maximum atomic E-state index is 11.6. The van der Waals surface area contributed by atoms with Crippen molar-refractivity contribution in [2.45, 2.75) is 79.2 Å². The predicted octanol–water partition coefficient (Wildman–Crippen LogP) is 4.22. The average Bonchev–Trinajstić information content (AvgIpc) is 3.59. The summed E-state index contributed by atoms with van der Waals surface area (Å²) >= 11 is 0. The summed E-state index contributed by atoms with van der Waals surface area (Å²) in [5, 5.41) is 24.4. The third-order valence-corrected chi connectivity index (χ3v) is 8.99. The Labute approximate surface area is 245 Å². The van der Waals surface area contributed by atoms with Gasteiger partial charge < -0.3 is 30.5 Å². The first-order chi connectivity index (χ1) is 20.0. The molecule has 0 radical (unpaired) electrons. The van der Waals surface area contributed by atoms with Crippen LogP contribution in [-0.4, -0.2) is 43.1 Å². The lowest BCUT2D eigenvalue weighted by molar-refractivity contribution is -0.138. The second kappa shape index (κ2) is 11.4. The Morgan fingerprint density at radius 3 is 2.12 bits per heavy atom. The molecule has 1 atom stereocenters. The lowest BCUT2D eigenvalue weighted by Gasteiger charge is -2.14. The summed E-state index contributed by atoms with van der Waals surface area (Å²) in [6, 6.07) is 0.0609. The molecular formula is C34H40N4O4. The molecule has 220 valence electrons. The molecule has 3 aromatic heterocycles. The van der Waals surface area contributed by atoms with Gasteiger partial charge in [0.2, 0.25) is 0 Å². The maximum Gasteiger partial charge on any atom is 0.303 e. The number of nitrogens with one attached hydrogen (secondary N) is 4. The van der Waals surface area contributed by atoms with Crippen LogP contribution in [0.4, 0.5) is 0 Å². The Hall–Kier alpha value is -4.46. The molecular weight excluding hydrogens is 528 g/mol. The summed E-state index contributed by atoms with van der Waals surface area (Å²) in [6.45, 7) is 14.6. The highest BCUT2D eigenvalue weighted by atomic mass is 16.4. The second-order valence-electron chi connectivity index (χ2n) is 11.4. The molecule has 8 heteroatoms. The zero-order valence-electron chi connectivity index (χ0n) is 25.0. The second-order valence-corrected chi connectivity index (χ2v) is 11.4. The number of H-pyrrole nitrogens is 3. The first-order valence-electron chi connectivity index (χ1n) is 14.6. The number of fused-ring (bicyclic) bond motifs is 8. The number of hydrogen-bond acceptors (Lipinski definition) is 3. The van der Waals surface area contributed by atoms with Crippen molar-refractivity contribution in [3.8, 4) is 0 Å². The number of carbonyl (C=O) groups is 2. The predicted molar refractivity (Wildman–Crippen MR) is 166 cm³/mol. The van der Waals surface area contributed by atoms with Gasteiger partial charge in [0.25, 0.3) is 0 Å². The van der Waals surface area contributed by atoms with E-state index >= 15 is 0 Å². The molecule has 6 N–H and O–H groups in total. The van der Waals surface area contributed by atoms with Gasteiger partial charge in [0.1, 0.15) is 0 Å². The smallest absolute Gasteiger partial charge is 0.303 e. The van der Waals surface area contributed by atoms with Crippen LogP contribution < -0.4 is 16.0 Å². The van der Waals surface area contributed by atoms with Crippen molar-refractivity contribution in [3.05, 3.63) is 96.4 Å². The summed E-state index contributed by atoms with van der Waals surface area (Å²) < 4.78 is 0. The van der Waals surface area contributed by atoms with Gasteiger partial charge >= 0.3 is 11.9 Å². The molecule has 0 amide bonds. The number of carboxylic acid groups (broad SMARTS) is 2. The van der Waals surface area contributed by atoms with Gasteiger partial charge in [0.15, 0.2) is 0 Å². The summed E-state index contributed by atoms with van der Waals surface area (Å²) in [6.07, 6.45) is 10.6. The van der Waals surface area contributed by atoms with E-state index in [-0.39, 0.29) is 18.9 Å². The molecule has 8 bridgehead atoms. The molecule has 0 spiro atoms. The number of rotatable bonds is 8. The third kappa shape index (κ3) is 5.29. The monoisotopic (exact) mass is 568 g/mol. The Morgan fingerprint density at radius 2 is 1.48 bits per heavy atom. The van der Waals surface area contributed by atoms with Gasteiger partial charge in [-0.15, -0.1) is 0 Å². The van der Waals surface area contributed by atoms with E-state index < -0.39 is 11.9 Å². The quantitative estimate of drug-likeness (QED) is 0.242. The van der Waals surface area contributed by atoms with Crippen LogP contribution in [0.1, 0.15) is 82.8 Å². The molecule has 2 aliphatic rings. The van der Waals surface area contributed by atoms with E-state index in [1.807, 2.05) is 26.0 Å². The van der Waals surface area contributed by atoms with Crippen molar-refractivity contribution in [2.24, 2.45) is 0 Å². The summed E-state index contributed by atoms with van der Waals surface area (Å²) in [4.78, 5) is 34.0. The molecule has 2 aliphatic heterocycles. The Kier molecular flexibility index (Phi) is 7.91. The number of aromatic nitrogens is 3. The average molecular weight is 569 g/mol. The Balaban J connectivity index is 1.83. The number of aliphatic carboxylic acids is 2. The van der Waals surface area contributed by atoms with Gasteiger partial charge in [-0.3, -0.25) is 9.59 Å². The molecule has 1 unspecified atom stereocenters. The van der Waals surface area contributed by atoms with Crippen molar-refractivity contribution < 1.29 is 19.8 Å². The van der Waals surface area contributed by atoms with Gasteiger partial charge in [-0.05, 0) is 110 Å². The standard InChI is InChI=1S/C34H40N4O4/c1-7-21-17(3)25-13-26-19(5)23(9-11-33(39)40)31(37-26)16-32-24(10-12-34(41)42)20(6)28(38-32)15-30-22(8-2)18(4)27(36-30)14-29(21)35-25/h7,13,15-16,29,35-38H,1,8-12,14H2,2-6H3,(H,39,40)(H,41,42)/b25-13-,28-15-,32-16-. The SMILES string of the molecule is C=CC1=C(C)/C2=C/c3[nH]c(c(CCC(=O)O)c3C)/C=c3\[nH]/c(c(C)c3CCC(=O)O)=C\c3[nH]c(c(C)c3CC)CC1N2. The molecule has 0 aromatic carbocycles. The Morgan fingerprint density at radius 1 is 0.833 bits per heavy atom. The van der Waals surface area contributed by atoms with E-state index in [0.717, 1.165) is 79.7 Å². The number of aromatic amines is 3. The zero-order chi connectivity index (χ0) is 30.3. The van der Waals surface area contributed by atoms with Crippen molar-refractivity contribution in [1.29, 1.82) is 0 Å². The van der Waals surface area contributed by atoms with Crippen LogP contribution in [0.25, 0.3) is 18.2 Å². The summed E-state index contributed by atoms with van der Waals surface area (Å²) in [5.74, 6) is -1.70. The molecule has 8 nitrogen and oxygen atoms in total. The van der Waals surface area contributed by atoms with E-state index in [0.29, 0.717) is 12.8 Å². The molecule has 42 heavy (non-hydrogen) atoms. The van der Waals surface area contributed by atoms with Crippen molar-refractivity contribution in [3.63, 3.8) is 0 Å². The summed E-state index contributed by atoms with van der Waals surface area (Å²) in [5.41, 5.74) is 13.7. The van der Waals surface area contributed by atoms with E-state index in [2.05, 4.69) is 59.8 Å². The van der Waals surface area contributed by atoms with Gasteiger partial charge in [-0.1, -0.05) is 19.6 Å². The molecule has 5 heterocycles. The third-order valence-electron chi connectivity index (χ3n) is 8.99. The number of hydrogen-bond donors (Lipinski definition) is 6. The fraction of sp³-hybridized carbons (Fsp3) is 0.353. The lowest BCUT2D eigenvalue weighted by Crippen LogP contribution is -2.26.